The van der Waals surface area contributed by atoms with E-state index >= 15 is 0 Å². The van der Waals surface area contributed by atoms with Crippen molar-refractivity contribution in [3.8, 4) is 17.2 Å². The highest BCUT2D eigenvalue weighted by Crippen LogP contribution is 2.33. The monoisotopic (exact) mass is 532 g/mol. The second kappa shape index (κ2) is 10.5. The number of rotatable bonds is 10. The van der Waals surface area contributed by atoms with Gasteiger partial charge in [-0.25, -0.2) is 21.1 Å². The van der Waals surface area contributed by atoms with Crippen LogP contribution in [0.1, 0.15) is 18.1 Å². The minimum absolute atomic E-state index is 0.00751. The quantitative estimate of drug-likeness (QED) is 0.394. The fourth-order valence-electron chi connectivity index (χ4n) is 3.67. The molecule has 0 aliphatic carbocycles. The van der Waals surface area contributed by atoms with Crippen molar-refractivity contribution < 1.29 is 31.0 Å². The molecule has 3 aromatic rings. The third-order valence-electron chi connectivity index (χ3n) is 5.63. The minimum atomic E-state index is -3.99. The summed E-state index contributed by atoms with van der Waals surface area (Å²) in [6.07, 6.45) is 0. The number of benzene rings is 3. The molecular formula is C25H28N2O7S2. The van der Waals surface area contributed by atoms with E-state index in [4.69, 9.17) is 14.2 Å². The van der Waals surface area contributed by atoms with E-state index in [0.29, 0.717) is 23.9 Å². The maximum atomic E-state index is 13.7. The Balaban J connectivity index is 1.67. The molecule has 192 valence electrons. The maximum Gasteiger partial charge on any atom is 0.243 e. The molecule has 0 spiro atoms. The van der Waals surface area contributed by atoms with Crippen LogP contribution in [-0.2, 0) is 33.1 Å². The molecule has 36 heavy (non-hydrogen) atoms. The average molecular weight is 533 g/mol. The SMILES string of the molecule is CCOc1ccc(CN(Cc2ccc3c(c2)OCO3)S(=O)(=O)c2ccc(S(=O)(=O)N(C)C)cc2)cc1. The molecule has 0 fully saturated rings. The van der Waals surface area contributed by atoms with Gasteiger partial charge in [-0.3, -0.25) is 0 Å². The minimum Gasteiger partial charge on any atom is -0.494 e. The number of fused-ring (bicyclic) bond motifs is 1. The van der Waals surface area contributed by atoms with Crippen molar-refractivity contribution >= 4 is 20.0 Å². The second-order valence-corrected chi connectivity index (χ2v) is 12.4. The Bertz CT molecular complexity index is 1420. The molecule has 0 N–H and O–H groups in total. The third-order valence-corrected chi connectivity index (χ3v) is 9.26. The summed E-state index contributed by atoms with van der Waals surface area (Å²) in [4.78, 5) is 0.00664. The van der Waals surface area contributed by atoms with E-state index < -0.39 is 20.0 Å². The molecular weight excluding hydrogens is 504 g/mol. The van der Waals surface area contributed by atoms with Crippen LogP contribution in [0.15, 0.2) is 76.5 Å². The Morgan fingerprint density at radius 2 is 1.31 bits per heavy atom. The van der Waals surface area contributed by atoms with Crippen LogP contribution in [0.2, 0.25) is 0 Å². The van der Waals surface area contributed by atoms with Crippen molar-refractivity contribution in [1.29, 1.82) is 0 Å². The Morgan fingerprint density at radius 3 is 1.92 bits per heavy atom. The maximum absolute atomic E-state index is 13.7. The van der Waals surface area contributed by atoms with Gasteiger partial charge >= 0.3 is 0 Å². The first-order chi connectivity index (χ1) is 17.1. The summed E-state index contributed by atoms with van der Waals surface area (Å²) in [6.45, 7) is 2.71. The van der Waals surface area contributed by atoms with Gasteiger partial charge in [-0.05, 0) is 66.6 Å². The van der Waals surface area contributed by atoms with Crippen molar-refractivity contribution in [3.05, 3.63) is 77.9 Å². The van der Waals surface area contributed by atoms with E-state index in [9.17, 15) is 16.8 Å². The van der Waals surface area contributed by atoms with Crippen LogP contribution in [0.5, 0.6) is 17.2 Å². The molecule has 4 rings (SSSR count). The van der Waals surface area contributed by atoms with E-state index in [1.807, 2.05) is 19.1 Å². The highest BCUT2D eigenvalue weighted by molar-refractivity contribution is 7.89. The standard InChI is InChI=1S/C25H28N2O7S2/c1-4-32-21-8-5-19(6-9-21)16-27(17-20-7-14-24-25(15-20)34-18-33-24)36(30,31)23-12-10-22(11-13-23)35(28,29)26(2)3/h5-15H,4,16-18H2,1-3H3. The predicted octanol–water partition coefficient (Wildman–Crippen LogP) is 3.46. The normalized spacial score (nSPS) is 13.4. The molecule has 9 nitrogen and oxygen atoms in total. The van der Waals surface area contributed by atoms with Crippen molar-refractivity contribution in [1.82, 2.24) is 8.61 Å². The number of sulfonamides is 2. The molecule has 0 saturated carbocycles. The number of hydrogen-bond acceptors (Lipinski definition) is 7. The smallest absolute Gasteiger partial charge is 0.243 e. The highest BCUT2D eigenvalue weighted by atomic mass is 32.2. The summed E-state index contributed by atoms with van der Waals surface area (Å²) in [5.74, 6) is 1.87. The third kappa shape index (κ3) is 5.49. The first kappa shape index (κ1) is 26.0. The lowest BCUT2D eigenvalue weighted by Crippen LogP contribution is -2.30. The molecule has 0 radical (unpaired) electrons. The molecule has 0 saturated heterocycles. The number of nitrogens with zero attached hydrogens (tertiary/aromatic N) is 2. The molecule has 3 aromatic carbocycles. The summed E-state index contributed by atoms with van der Waals surface area (Å²) in [6, 6.07) is 17.8. The van der Waals surface area contributed by atoms with Gasteiger partial charge in [0.25, 0.3) is 0 Å². The summed E-state index contributed by atoms with van der Waals surface area (Å²) < 4.78 is 71.0. The van der Waals surface area contributed by atoms with Crippen molar-refractivity contribution in [2.24, 2.45) is 0 Å². The molecule has 0 unspecified atom stereocenters. The van der Waals surface area contributed by atoms with Gasteiger partial charge in [-0.2, -0.15) is 4.31 Å². The zero-order chi connectivity index (χ0) is 25.9. The lowest BCUT2D eigenvalue weighted by atomic mass is 10.2. The molecule has 0 atom stereocenters. The second-order valence-electron chi connectivity index (χ2n) is 8.30. The predicted molar refractivity (Wildman–Crippen MR) is 134 cm³/mol. The molecule has 0 aromatic heterocycles. The first-order valence-corrected chi connectivity index (χ1v) is 14.1. The largest absolute Gasteiger partial charge is 0.494 e. The van der Waals surface area contributed by atoms with E-state index in [1.54, 1.807) is 30.3 Å². The average Bonchev–Trinajstić information content (AvgIpc) is 3.33. The summed E-state index contributed by atoms with van der Waals surface area (Å²) in [7, 11) is -4.84. The Hall–Kier alpha value is -3.12. The first-order valence-electron chi connectivity index (χ1n) is 11.2. The Morgan fingerprint density at radius 1 is 0.750 bits per heavy atom. The molecule has 0 bridgehead atoms. The topological polar surface area (TPSA) is 102 Å². The Labute approximate surface area is 211 Å². The van der Waals surface area contributed by atoms with Gasteiger partial charge in [0.05, 0.1) is 16.4 Å². The van der Waals surface area contributed by atoms with Crippen LogP contribution in [-0.4, -0.2) is 52.9 Å². The van der Waals surface area contributed by atoms with Gasteiger partial charge in [-0.15, -0.1) is 0 Å². The summed E-state index contributed by atoms with van der Waals surface area (Å²) in [5.41, 5.74) is 1.50. The van der Waals surface area contributed by atoms with Crippen LogP contribution in [0.25, 0.3) is 0 Å². The lowest BCUT2D eigenvalue weighted by Gasteiger charge is -2.23. The van der Waals surface area contributed by atoms with E-state index in [-0.39, 0.29) is 29.7 Å². The van der Waals surface area contributed by atoms with E-state index in [1.165, 1.54) is 42.7 Å². The van der Waals surface area contributed by atoms with E-state index in [0.717, 1.165) is 15.4 Å². The number of hydrogen-bond donors (Lipinski definition) is 0. The van der Waals surface area contributed by atoms with Gasteiger partial charge in [-0.1, -0.05) is 18.2 Å². The van der Waals surface area contributed by atoms with Crippen LogP contribution in [0.4, 0.5) is 0 Å². The summed E-state index contributed by atoms with van der Waals surface area (Å²) >= 11 is 0. The lowest BCUT2D eigenvalue weighted by molar-refractivity contribution is 0.174. The Kier molecular flexibility index (Phi) is 7.55. The summed E-state index contributed by atoms with van der Waals surface area (Å²) in [5, 5.41) is 0. The highest BCUT2D eigenvalue weighted by Gasteiger charge is 2.27. The van der Waals surface area contributed by atoms with Gasteiger partial charge < -0.3 is 14.2 Å². The fraction of sp³-hybridized carbons (Fsp3) is 0.280. The van der Waals surface area contributed by atoms with Crippen molar-refractivity contribution in [2.75, 3.05) is 27.5 Å². The van der Waals surface area contributed by atoms with Crippen molar-refractivity contribution in [3.63, 3.8) is 0 Å². The van der Waals surface area contributed by atoms with Gasteiger partial charge in [0.1, 0.15) is 5.75 Å². The van der Waals surface area contributed by atoms with Gasteiger partial charge in [0.15, 0.2) is 11.5 Å². The number of ether oxygens (including phenoxy) is 3. The van der Waals surface area contributed by atoms with E-state index in [2.05, 4.69) is 0 Å². The van der Waals surface area contributed by atoms with Crippen LogP contribution in [0.3, 0.4) is 0 Å². The molecule has 0 amide bonds. The van der Waals surface area contributed by atoms with Gasteiger partial charge in [0, 0.05) is 27.2 Å². The molecule has 1 aliphatic rings. The van der Waals surface area contributed by atoms with Crippen LogP contribution >= 0.6 is 0 Å². The van der Waals surface area contributed by atoms with Gasteiger partial charge in [0.2, 0.25) is 26.8 Å². The molecule has 11 heteroatoms. The fourth-order valence-corrected chi connectivity index (χ4v) is 5.99. The molecule has 1 aliphatic heterocycles. The molecule has 1 heterocycles. The van der Waals surface area contributed by atoms with Crippen LogP contribution in [0, 0.1) is 0 Å². The zero-order valence-corrected chi connectivity index (χ0v) is 21.9. The van der Waals surface area contributed by atoms with Crippen molar-refractivity contribution in [2.45, 2.75) is 29.8 Å². The zero-order valence-electron chi connectivity index (χ0n) is 20.2. The van der Waals surface area contributed by atoms with Crippen LogP contribution < -0.4 is 14.2 Å².